The van der Waals surface area contributed by atoms with Gasteiger partial charge in [-0.05, 0) is 53.2 Å². The molecule has 0 aliphatic rings. The molecule has 3 aromatic rings. The van der Waals surface area contributed by atoms with Crippen LogP contribution in [0, 0.1) is 0 Å². The highest BCUT2D eigenvalue weighted by molar-refractivity contribution is 7.85. The normalized spacial score (nSPS) is 11.9. The van der Waals surface area contributed by atoms with Crippen molar-refractivity contribution in [1.82, 2.24) is 0 Å². The monoisotopic (exact) mass is 371 g/mol. The van der Waals surface area contributed by atoms with E-state index in [1.54, 1.807) is 18.2 Å². The van der Waals surface area contributed by atoms with Crippen LogP contribution in [0.15, 0.2) is 69.7 Å². The molecule has 8 nitrogen and oxygen atoms in total. The quantitative estimate of drug-likeness (QED) is 0.531. The molecule has 0 bridgehead atoms. The summed E-state index contributed by atoms with van der Waals surface area (Å²) >= 11 is 0. The van der Waals surface area contributed by atoms with Crippen molar-refractivity contribution in [3.05, 3.63) is 60.2 Å². The molecule has 2 N–H and O–H groups in total. The molecule has 0 aromatic heterocycles. The zero-order valence-corrected chi connectivity index (χ0v) is 13.8. The van der Waals surface area contributed by atoms with Crippen molar-refractivity contribution in [2.75, 3.05) is 0 Å². The van der Waals surface area contributed by atoms with E-state index in [1.165, 1.54) is 36.4 Å². The molecule has 0 aliphatic heterocycles. The SMILES string of the molecule is O=C(O)c1cc(N=Nc2ccc3ccc(S(=O)(=O)[O-])cc3c2)ccc1O. The molecule has 0 heterocycles. The Morgan fingerprint density at radius 2 is 1.50 bits per heavy atom. The Balaban J connectivity index is 1.97. The molecule has 9 heteroatoms. The first-order chi connectivity index (χ1) is 12.2. The van der Waals surface area contributed by atoms with E-state index in [-0.39, 0.29) is 21.9 Å². The van der Waals surface area contributed by atoms with Crippen LogP contribution in [0.2, 0.25) is 0 Å². The first-order valence-corrected chi connectivity index (χ1v) is 8.63. The number of azo groups is 1. The third kappa shape index (κ3) is 3.68. The topological polar surface area (TPSA) is 139 Å². The van der Waals surface area contributed by atoms with Crippen LogP contribution in [0.4, 0.5) is 11.4 Å². The molecule has 0 aliphatic carbocycles. The largest absolute Gasteiger partial charge is 0.744 e. The van der Waals surface area contributed by atoms with E-state index in [2.05, 4.69) is 10.2 Å². The van der Waals surface area contributed by atoms with Gasteiger partial charge in [-0.3, -0.25) is 0 Å². The predicted molar refractivity (Wildman–Crippen MR) is 91.2 cm³/mol. The molecular formula is C17H11N2O6S-. The molecule has 0 saturated heterocycles. The summed E-state index contributed by atoms with van der Waals surface area (Å²) in [6, 6.07) is 12.6. The molecule has 0 unspecified atom stereocenters. The van der Waals surface area contributed by atoms with E-state index in [9.17, 15) is 22.9 Å². The van der Waals surface area contributed by atoms with Crippen molar-refractivity contribution >= 4 is 38.2 Å². The second-order valence-corrected chi connectivity index (χ2v) is 6.73. The number of rotatable bonds is 4. The highest BCUT2D eigenvalue weighted by Gasteiger charge is 2.10. The summed E-state index contributed by atoms with van der Waals surface area (Å²) in [5.41, 5.74) is 0.296. The van der Waals surface area contributed by atoms with Crippen molar-refractivity contribution in [2.24, 2.45) is 10.2 Å². The van der Waals surface area contributed by atoms with Gasteiger partial charge in [0, 0.05) is 0 Å². The number of aromatic hydroxyl groups is 1. The van der Waals surface area contributed by atoms with E-state index in [1.807, 2.05) is 0 Å². The summed E-state index contributed by atoms with van der Waals surface area (Å²) in [4.78, 5) is 10.7. The van der Waals surface area contributed by atoms with Crippen LogP contribution in [-0.2, 0) is 10.1 Å². The summed E-state index contributed by atoms with van der Waals surface area (Å²) < 4.78 is 33.4. The lowest BCUT2D eigenvalue weighted by Gasteiger charge is -2.08. The third-order valence-electron chi connectivity index (χ3n) is 3.58. The molecule has 0 amide bonds. The minimum atomic E-state index is -4.56. The van der Waals surface area contributed by atoms with Gasteiger partial charge in [0.1, 0.15) is 21.4 Å². The Morgan fingerprint density at radius 3 is 2.15 bits per heavy atom. The highest BCUT2D eigenvalue weighted by Crippen LogP contribution is 2.27. The number of aromatic carboxylic acids is 1. The Morgan fingerprint density at radius 1 is 0.885 bits per heavy atom. The Kier molecular flexibility index (Phi) is 4.41. The maximum atomic E-state index is 11.1. The average Bonchev–Trinajstić information content (AvgIpc) is 2.59. The molecule has 0 atom stereocenters. The predicted octanol–water partition coefficient (Wildman–Crippen LogP) is 3.56. The Bertz CT molecular complexity index is 1160. The van der Waals surface area contributed by atoms with Gasteiger partial charge in [0.15, 0.2) is 0 Å². The van der Waals surface area contributed by atoms with Crippen LogP contribution in [0.5, 0.6) is 5.75 Å². The number of carbonyl (C=O) groups is 1. The first kappa shape index (κ1) is 17.5. The van der Waals surface area contributed by atoms with Crippen LogP contribution in [0.25, 0.3) is 10.8 Å². The van der Waals surface area contributed by atoms with E-state index < -0.39 is 16.1 Å². The van der Waals surface area contributed by atoms with Crippen LogP contribution < -0.4 is 0 Å². The molecule has 0 saturated carbocycles. The van der Waals surface area contributed by atoms with Crippen LogP contribution in [0.1, 0.15) is 10.4 Å². The molecule has 3 aromatic carbocycles. The fourth-order valence-corrected chi connectivity index (χ4v) is 2.81. The fourth-order valence-electron chi connectivity index (χ4n) is 2.30. The van der Waals surface area contributed by atoms with Gasteiger partial charge in [0.2, 0.25) is 0 Å². The number of carboxylic acids is 1. The summed E-state index contributed by atoms with van der Waals surface area (Å²) in [5.74, 6) is -1.68. The van der Waals surface area contributed by atoms with E-state index >= 15 is 0 Å². The van der Waals surface area contributed by atoms with Crippen molar-refractivity contribution < 1.29 is 28.0 Å². The molecule has 3 rings (SSSR count). The fraction of sp³-hybridized carbons (Fsp3) is 0. The van der Waals surface area contributed by atoms with Gasteiger partial charge in [0.05, 0.1) is 16.3 Å². The van der Waals surface area contributed by atoms with Crippen LogP contribution in [-0.4, -0.2) is 29.2 Å². The van der Waals surface area contributed by atoms with Gasteiger partial charge in [0.25, 0.3) is 0 Å². The minimum Gasteiger partial charge on any atom is -0.744 e. The smallest absolute Gasteiger partial charge is 0.339 e. The summed E-state index contributed by atoms with van der Waals surface area (Å²) in [7, 11) is -4.56. The second-order valence-electron chi connectivity index (χ2n) is 5.35. The molecule has 0 spiro atoms. The molecule has 0 radical (unpaired) electrons. The lowest BCUT2D eigenvalue weighted by atomic mass is 10.1. The number of hydrogen-bond acceptors (Lipinski definition) is 7. The maximum absolute atomic E-state index is 11.1. The number of hydrogen-bond donors (Lipinski definition) is 2. The highest BCUT2D eigenvalue weighted by atomic mass is 32.2. The zero-order chi connectivity index (χ0) is 18.9. The van der Waals surface area contributed by atoms with Crippen molar-refractivity contribution in [3.63, 3.8) is 0 Å². The van der Waals surface area contributed by atoms with Crippen molar-refractivity contribution in [2.45, 2.75) is 4.90 Å². The third-order valence-corrected chi connectivity index (χ3v) is 4.41. The molecule has 0 fully saturated rings. The Hall–Kier alpha value is -3.30. The van der Waals surface area contributed by atoms with Gasteiger partial charge in [-0.2, -0.15) is 10.2 Å². The van der Waals surface area contributed by atoms with Gasteiger partial charge in [-0.25, -0.2) is 13.2 Å². The first-order valence-electron chi connectivity index (χ1n) is 7.22. The summed E-state index contributed by atoms with van der Waals surface area (Å²) in [6.07, 6.45) is 0. The van der Waals surface area contributed by atoms with E-state index in [0.717, 1.165) is 0 Å². The molecule has 26 heavy (non-hydrogen) atoms. The van der Waals surface area contributed by atoms with Gasteiger partial charge >= 0.3 is 5.97 Å². The number of nitrogens with zero attached hydrogens (tertiary/aromatic N) is 2. The van der Waals surface area contributed by atoms with E-state index in [4.69, 9.17) is 5.11 Å². The standard InChI is InChI=1S/C17H12N2O6S/c20-16-6-4-13(9-15(16)17(21)22)19-18-12-3-1-10-2-5-14(26(23,24)25)8-11(10)7-12/h1-9,20H,(H,21,22)(H,23,24,25)/p-1. The number of phenols is 1. The van der Waals surface area contributed by atoms with E-state index in [0.29, 0.717) is 16.5 Å². The van der Waals surface area contributed by atoms with Gasteiger partial charge in [-0.15, -0.1) is 0 Å². The lowest BCUT2D eigenvalue weighted by Crippen LogP contribution is -1.97. The average molecular weight is 371 g/mol. The van der Waals surface area contributed by atoms with Crippen LogP contribution in [0.3, 0.4) is 0 Å². The Labute approximate surface area is 147 Å². The summed E-state index contributed by atoms with van der Waals surface area (Å²) in [5, 5.41) is 27.5. The molecule has 132 valence electrons. The number of fused-ring (bicyclic) bond motifs is 1. The van der Waals surface area contributed by atoms with Gasteiger partial charge < -0.3 is 14.8 Å². The van der Waals surface area contributed by atoms with Crippen molar-refractivity contribution in [1.29, 1.82) is 0 Å². The molecular weight excluding hydrogens is 360 g/mol. The van der Waals surface area contributed by atoms with Crippen molar-refractivity contribution in [3.8, 4) is 5.75 Å². The summed E-state index contributed by atoms with van der Waals surface area (Å²) in [6.45, 7) is 0. The lowest BCUT2D eigenvalue weighted by molar-refractivity contribution is 0.0693. The minimum absolute atomic E-state index is 0.219. The van der Waals surface area contributed by atoms with Crippen LogP contribution >= 0.6 is 0 Å². The maximum Gasteiger partial charge on any atom is 0.339 e. The number of benzene rings is 3. The second kappa shape index (κ2) is 6.54. The zero-order valence-electron chi connectivity index (χ0n) is 13.0. The number of carboxylic acid groups (broad SMARTS) is 1. The van der Waals surface area contributed by atoms with Gasteiger partial charge in [-0.1, -0.05) is 12.1 Å².